The maximum absolute atomic E-state index is 6.37. The molecule has 0 amide bonds. The number of hydrogen-bond acceptors (Lipinski definition) is 2. The summed E-state index contributed by atoms with van der Waals surface area (Å²) in [4.78, 5) is 0. The van der Waals surface area contributed by atoms with Gasteiger partial charge in [0.2, 0.25) is 0 Å². The molecule has 1 aliphatic heterocycles. The second-order valence-electron chi connectivity index (χ2n) is 5.05. The molecule has 2 atom stereocenters. The average molecular weight is 324 g/mol. The molecule has 2 fully saturated rings. The molecule has 2 unspecified atom stereocenters. The van der Waals surface area contributed by atoms with Gasteiger partial charge in [0.1, 0.15) is 0 Å². The molecule has 2 aliphatic rings. The maximum Gasteiger partial charge on any atom is 0.0863 e. The van der Waals surface area contributed by atoms with E-state index in [4.69, 9.17) is 9.47 Å². The molecular weight excluding hydrogens is 303 g/mol. The highest BCUT2D eigenvalue weighted by Crippen LogP contribution is 2.36. The highest BCUT2D eigenvalue weighted by Gasteiger charge is 2.37. The quantitative estimate of drug-likeness (QED) is 0.586. The highest BCUT2D eigenvalue weighted by molar-refractivity contribution is 14.1. The number of alkyl halides is 1. The molecular formula is C12H21IO2. The van der Waals surface area contributed by atoms with E-state index < -0.39 is 0 Å². The van der Waals surface area contributed by atoms with Crippen molar-refractivity contribution in [3.8, 4) is 0 Å². The van der Waals surface area contributed by atoms with Crippen molar-refractivity contribution in [1.82, 2.24) is 0 Å². The third kappa shape index (κ3) is 2.86. The molecule has 1 saturated carbocycles. The van der Waals surface area contributed by atoms with Crippen LogP contribution in [0.15, 0.2) is 0 Å². The molecule has 0 bridgehead atoms. The summed E-state index contributed by atoms with van der Waals surface area (Å²) >= 11 is 2.49. The van der Waals surface area contributed by atoms with E-state index in [9.17, 15) is 0 Å². The second-order valence-corrected chi connectivity index (χ2v) is 5.81. The van der Waals surface area contributed by atoms with Gasteiger partial charge in [-0.1, -0.05) is 48.8 Å². The van der Waals surface area contributed by atoms with E-state index in [1.54, 1.807) is 0 Å². The Kier molecular flexibility index (Phi) is 4.30. The van der Waals surface area contributed by atoms with Crippen LogP contribution >= 0.6 is 22.6 Å². The molecule has 88 valence electrons. The van der Waals surface area contributed by atoms with E-state index in [-0.39, 0.29) is 5.60 Å². The summed E-state index contributed by atoms with van der Waals surface area (Å²) in [5.41, 5.74) is 0.172. The Morgan fingerprint density at radius 2 is 2.00 bits per heavy atom. The lowest BCUT2D eigenvalue weighted by Gasteiger charge is -2.38. The van der Waals surface area contributed by atoms with Crippen molar-refractivity contribution >= 4 is 22.6 Å². The van der Waals surface area contributed by atoms with Gasteiger partial charge >= 0.3 is 0 Å². The molecule has 2 rings (SSSR count). The zero-order chi connectivity index (χ0) is 10.7. The largest absolute Gasteiger partial charge is 0.378 e. The Morgan fingerprint density at radius 1 is 1.27 bits per heavy atom. The van der Waals surface area contributed by atoms with E-state index in [0.29, 0.717) is 12.0 Å². The molecule has 0 aromatic carbocycles. The van der Waals surface area contributed by atoms with Crippen molar-refractivity contribution in [3.63, 3.8) is 0 Å². The first-order valence-corrected chi connectivity index (χ1v) is 7.60. The smallest absolute Gasteiger partial charge is 0.0863 e. The minimum Gasteiger partial charge on any atom is -0.378 e. The summed E-state index contributed by atoms with van der Waals surface area (Å²) in [7, 11) is 0. The van der Waals surface area contributed by atoms with Crippen LogP contribution < -0.4 is 0 Å². The SMILES string of the molecule is CC1COCC1OC1(CI)CCCCC1. The van der Waals surface area contributed by atoms with Gasteiger partial charge in [0.15, 0.2) is 0 Å². The van der Waals surface area contributed by atoms with E-state index in [1.807, 2.05) is 0 Å². The summed E-state index contributed by atoms with van der Waals surface area (Å²) in [6.07, 6.45) is 6.91. The van der Waals surface area contributed by atoms with Crippen LogP contribution in [0.3, 0.4) is 0 Å². The van der Waals surface area contributed by atoms with Crippen LogP contribution in [0.25, 0.3) is 0 Å². The van der Waals surface area contributed by atoms with Crippen LogP contribution in [0.1, 0.15) is 39.0 Å². The number of halogens is 1. The molecule has 2 nitrogen and oxygen atoms in total. The Hall–Kier alpha value is 0.650. The van der Waals surface area contributed by atoms with Crippen LogP contribution in [-0.4, -0.2) is 29.3 Å². The van der Waals surface area contributed by atoms with Gasteiger partial charge in [-0.2, -0.15) is 0 Å². The lowest BCUT2D eigenvalue weighted by atomic mass is 9.86. The van der Waals surface area contributed by atoms with Crippen LogP contribution in [0.4, 0.5) is 0 Å². The van der Waals surface area contributed by atoms with Gasteiger partial charge in [0, 0.05) is 10.3 Å². The highest BCUT2D eigenvalue weighted by atomic mass is 127. The van der Waals surface area contributed by atoms with Gasteiger partial charge in [-0.15, -0.1) is 0 Å². The normalized spacial score (nSPS) is 35.6. The fraction of sp³-hybridized carbons (Fsp3) is 1.00. The minimum atomic E-state index is 0.172. The molecule has 0 radical (unpaired) electrons. The van der Waals surface area contributed by atoms with E-state index in [0.717, 1.165) is 17.6 Å². The van der Waals surface area contributed by atoms with Crippen molar-refractivity contribution < 1.29 is 9.47 Å². The Labute approximate surface area is 106 Å². The minimum absolute atomic E-state index is 0.172. The molecule has 1 heterocycles. The van der Waals surface area contributed by atoms with Gasteiger partial charge in [-0.05, 0) is 12.8 Å². The second kappa shape index (κ2) is 5.32. The lowest BCUT2D eigenvalue weighted by Crippen LogP contribution is -2.42. The van der Waals surface area contributed by atoms with Gasteiger partial charge < -0.3 is 9.47 Å². The van der Waals surface area contributed by atoms with Gasteiger partial charge in [-0.3, -0.25) is 0 Å². The fourth-order valence-electron chi connectivity index (χ4n) is 2.59. The van der Waals surface area contributed by atoms with E-state index in [2.05, 4.69) is 29.5 Å². The van der Waals surface area contributed by atoms with Crippen molar-refractivity contribution in [1.29, 1.82) is 0 Å². The van der Waals surface area contributed by atoms with Crippen LogP contribution in [0, 0.1) is 5.92 Å². The molecule has 0 aromatic heterocycles. The first kappa shape index (κ1) is 12.1. The van der Waals surface area contributed by atoms with Crippen molar-refractivity contribution in [2.75, 3.05) is 17.6 Å². The van der Waals surface area contributed by atoms with Gasteiger partial charge in [0.25, 0.3) is 0 Å². The third-order valence-corrected chi connectivity index (χ3v) is 5.10. The standard InChI is InChI=1S/C12H21IO2/c1-10-7-14-8-11(10)15-12(9-13)5-3-2-4-6-12/h10-11H,2-9H2,1H3. The van der Waals surface area contributed by atoms with E-state index in [1.165, 1.54) is 32.1 Å². The number of ether oxygens (including phenoxy) is 2. The van der Waals surface area contributed by atoms with Gasteiger partial charge in [0.05, 0.1) is 24.9 Å². The summed E-state index contributed by atoms with van der Waals surface area (Å²) in [6, 6.07) is 0. The van der Waals surface area contributed by atoms with Crippen molar-refractivity contribution in [2.24, 2.45) is 5.92 Å². The molecule has 0 spiro atoms. The lowest BCUT2D eigenvalue weighted by molar-refractivity contribution is -0.107. The number of hydrogen-bond donors (Lipinski definition) is 0. The van der Waals surface area contributed by atoms with Gasteiger partial charge in [-0.25, -0.2) is 0 Å². The molecule has 3 heteroatoms. The van der Waals surface area contributed by atoms with Crippen molar-refractivity contribution in [3.05, 3.63) is 0 Å². The summed E-state index contributed by atoms with van der Waals surface area (Å²) in [5, 5.41) is 0. The van der Waals surface area contributed by atoms with Crippen LogP contribution in [0.2, 0.25) is 0 Å². The van der Waals surface area contributed by atoms with Crippen LogP contribution in [-0.2, 0) is 9.47 Å². The molecule has 1 aliphatic carbocycles. The summed E-state index contributed by atoms with van der Waals surface area (Å²) in [5.74, 6) is 0.576. The average Bonchev–Trinajstić information content (AvgIpc) is 2.66. The summed E-state index contributed by atoms with van der Waals surface area (Å²) < 4.78 is 13.0. The van der Waals surface area contributed by atoms with Crippen LogP contribution in [0.5, 0.6) is 0 Å². The monoisotopic (exact) mass is 324 g/mol. The first-order chi connectivity index (χ1) is 7.26. The maximum atomic E-state index is 6.37. The predicted octanol–water partition coefficient (Wildman–Crippen LogP) is 3.18. The third-order valence-electron chi connectivity index (χ3n) is 3.71. The Balaban J connectivity index is 1.94. The fourth-order valence-corrected chi connectivity index (χ4v) is 3.53. The molecule has 1 saturated heterocycles. The van der Waals surface area contributed by atoms with E-state index >= 15 is 0 Å². The van der Waals surface area contributed by atoms with Crippen molar-refractivity contribution in [2.45, 2.75) is 50.7 Å². The first-order valence-electron chi connectivity index (χ1n) is 6.07. The topological polar surface area (TPSA) is 18.5 Å². The Bertz CT molecular complexity index is 202. The molecule has 15 heavy (non-hydrogen) atoms. The zero-order valence-electron chi connectivity index (χ0n) is 9.51. The molecule has 0 aromatic rings. The number of rotatable bonds is 3. The molecule has 0 N–H and O–H groups in total. The predicted molar refractivity (Wildman–Crippen MR) is 69.6 cm³/mol. The summed E-state index contributed by atoms with van der Waals surface area (Å²) in [6.45, 7) is 3.92. The zero-order valence-corrected chi connectivity index (χ0v) is 11.7. The Morgan fingerprint density at radius 3 is 2.53 bits per heavy atom.